The Labute approximate surface area is 116 Å². The number of nitrogens with one attached hydrogen (secondary N) is 1. The molecule has 0 aromatic heterocycles. The van der Waals surface area contributed by atoms with E-state index >= 15 is 0 Å². The maximum Gasteiger partial charge on any atom is 0.171 e. The largest absolute Gasteiger partial charge is 0.354 e. The molecule has 5 heteroatoms. The fourth-order valence-electron chi connectivity index (χ4n) is 1.92. The molecule has 0 spiro atoms. The van der Waals surface area contributed by atoms with Gasteiger partial charge in [0.2, 0.25) is 0 Å². The summed E-state index contributed by atoms with van der Waals surface area (Å²) in [5.41, 5.74) is 0.621. The fourth-order valence-corrected chi connectivity index (χ4v) is 2.25. The molecule has 0 saturated heterocycles. The van der Waals surface area contributed by atoms with Gasteiger partial charge >= 0.3 is 0 Å². The third-order valence-electron chi connectivity index (χ3n) is 2.81. The van der Waals surface area contributed by atoms with Gasteiger partial charge in [0.1, 0.15) is 5.82 Å². The molecule has 2 unspecified atom stereocenters. The summed E-state index contributed by atoms with van der Waals surface area (Å²) in [5.74, 6) is -0.233. The van der Waals surface area contributed by atoms with Crippen molar-refractivity contribution in [1.29, 1.82) is 0 Å². The van der Waals surface area contributed by atoms with Gasteiger partial charge in [0.25, 0.3) is 0 Å². The lowest BCUT2D eigenvalue weighted by Gasteiger charge is -2.26. The Balaban J connectivity index is 2.72. The van der Waals surface area contributed by atoms with Crippen LogP contribution in [0.1, 0.15) is 25.5 Å². The molecule has 0 aliphatic rings. The minimum atomic E-state index is -0.356. The first-order valence-corrected chi connectivity index (χ1v) is 6.55. The standard InChI is InChI=1S/C13H19BrFNO2/c1-8(16-9(2)13(17-3)18-4)11-6-5-10(14)7-12(11)15/h5-9,13,16H,1-4H3. The van der Waals surface area contributed by atoms with Gasteiger partial charge in [0.15, 0.2) is 6.29 Å². The molecular weight excluding hydrogens is 301 g/mol. The predicted molar refractivity (Wildman–Crippen MR) is 72.9 cm³/mol. The highest BCUT2D eigenvalue weighted by atomic mass is 79.9. The molecule has 1 aromatic rings. The molecule has 0 fully saturated rings. The summed E-state index contributed by atoms with van der Waals surface area (Å²) in [5, 5.41) is 3.25. The highest BCUT2D eigenvalue weighted by molar-refractivity contribution is 9.10. The number of halogens is 2. The second kappa shape index (κ2) is 7.19. The molecule has 1 aromatic carbocycles. The second-order valence-electron chi connectivity index (χ2n) is 4.18. The van der Waals surface area contributed by atoms with E-state index in [1.807, 2.05) is 19.9 Å². The van der Waals surface area contributed by atoms with Crippen LogP contribution in [0.25, 0.3) is 0 Å². The van der Waals surface area contributed by atoms with Crippen LogP contribution in [0.4, 0.5) is 4.39 Å². The second-order valence-corrected chi connectivity index (χ2v) is 5.10. The molecule has 0 radical (unpaired) electrons. The SMILES string of the molecule is COC(OC)C(C)NC(C)c1ccc(Br)cc1F. The van der Waals surface area contributed by atoms with E-state index in [1.54, 1.807) is 20.3 Å². The van der Waals surface area contributed by atoms with Crippen LogP contribution in [-0.2, 0) is 9.47 Å². The van der Waals surface area contributed by atoms with Crippen LogP contribution in [0.2, 0.25) is 0 Å². The maximum atomic E-state index is 13.8. The summed E-state index contributed by atoms with van der Waals surface area (Å²) in [6.45, 7) is 3.84. The summed E-state index contributed by atoms with van der Waals surface area (Å²) in [6.07, 6.45) is -0.356. The first-order valence-electron chi connectivity index (χ1n) is 5.76. The van der Waals surface area contributed by atoms with E-state index < -0.39 is 0 Å². The molecule has 0 aliphatic carbocycles. The van der Waals surface area contributed by atoms with E-state index in [2.05, 4.69) is 21.2 Å². The number of hydrogen-bond donors (Lipinski definition) is 1. The van der Waals surface area contributed by atoms with Crippen LogP contribution < -0.4 is 5.32 Å². The molecule has 0 amide bonds. The summed E-state index contributed by atoms with van der Waals surface area (Å²) >= 11 is 3.24. The maximum absolute atomic E-state index is 13.8. The number of benzene rings is 1. The third kappa shape index (κ3) is 4.02. The van der Waals surface area contributed by atoms with Crippen LogP contribution >= 0.6 is 15.9 Å². The molecule has 1 rings (SSSR count). The Morgan fingerprint density at radius 1 is 1.22 bits per heavy atom. The number of methoxy groups -OCH3 is 2. The average molecular weight is 320 g/mol. The minimum Gasteiger partial charge on any atom is -0.354 e. The van der Waals surface area contributed by atoms with Gasteiger partial charge in [-0.2, -0.15) is 0 Å². The van der Waals surface area contributed by atoms with Crippen molar-refractivity contribution >= 4 is 15.9 Å². The van der Waals surface area contributed by atoms with Crippen LogP contribution in [0.5, 0.6) is 0 Å². The Morgan fingerprint density at radius 2 is 1.83 bits per heavy atom. The summed E-state index contributed by atoms with van der Waals surface area (Å²) in [7, 11) is 3.16. The smallest absolute Gasteiger partial charge is 0.171 e. The van der Waals surface area contributed by atoms with Gasteiger partial charge in [-0.15, -0.1) is 0 Å². The van der Waals surface area contributed by atoms with E-state index in [0.29, 0.717) is 5.56 Å². The van der Waals surface area contributed by atoms with Crippen LogP contribution in [0.15, 0.2) is 22.7 Å². The van der Waals surface area contributed by atoms with Crippen molar-refractivity contribution in [2.24, 2.45) is 0 Å². The van der Waals surface area contributed by atoms with Crippen molar-refractivity contribution < 1.29 is 13.9 Å². The summed E-state index contributed by atoms with van der Waals surface area (Å²) < 4.78 is 24.8. The number of hydrogen-bond acceptors (Lipinski definition) is 3. The van der Waals surface area contributed by atoms with Crippen molar-refractivity contribution in [2.75, 3.05) is 14.2 Å². The number of rotatable bonds is 6. The normalized spacial score (nSPS) is 14.8. The highest BCUT2D eigenvalue weighted by Gasteiger charge is 2.19. The molecule has 0 bridgehead atoms. The topological polar surface area (TPSA) is 30.5 Å². The minimum absolute atomic E-state index is 0.0435. The number of ether oxygens (including phenoxy) is 2. The Bertz CT molecular complexity index is 385. The zero-order valence-electron chi connectivity index (χ0n) is 11.0. The Hall–Kier alpha value is -0.490. The molecule has 18 heavy (non-hydrogen) atoms. The van der Waals surface area contributed by atoms with Crippen molar-refractivity contribution in [3.8, 4) is 0 Å². The molecule has 0 heterocycles. The predicted octanol–water partition coefficient (Wildman–Crippen LogP) is 3.25. The van der Waals surface area contributed by atoms with Crippen molar-refractivity contribution in [1.82, 2.24) is 5.32 Å². The van der Waals surface area contributed by atoms with Gasteiger partial charge in [-0.3, -0.25) is 0 Å². The Morgan fingerprint density at radius 3 is 2.33 bits per heavy atom. The van der Waals surface area contributed by atoms with Gasteiger partial charge in [-0.25, -0.2) is 4.39 Å². The first kappa shape index (κ1) is 15.6. The van der Waals surface area contributed by atoms with Gasteiger partial charge in [-0.1, -0.05) is 22.0 Å². The highest BCUT2D eigenvalue weighted by Crippen LogP contribution is 2.21. The van der Waals surface area contributed by atoms with E-state index in [4.69, 9.17) is 9.47 Å². The van der Waals surface area contributed by atoms with Gasteiger partial charge < -0.3 is 14.8 Å². The zero-order chi connectivity index (χ0) is 13.7. The lowest BCUT2D eigenvalue weighted by molar-refractivity contribution is -0.120. The lowest BCUT2D eigenvalue weighted by atomic mass is 10.1. The van der Waals surface area contributed by atoms with Crippen molar-refractivity contribution in [3.05, 3.63) is 34.1 Å². The fraction of sp³-hybridized carbons (Fsp3) is 0.538. The monoisotopic (exact) mass is 319 g/mol. The van der Waals surface area contributed by atoms with Crippen molar-refractivity contribution in [2.45, 2.75) is 32.2 Å². The van der Waals surface area contributed by atoms with E-state index in [-0.39, 0.29) is 24.2 Å². The van der Waals surface area contributed by atoms with Crippen LogP contribution in [0, 0.1) is 5.82 Å². The molecule has 3 nitrogen and oxygen atoms in total. The summed E-state index contributed by atoms with van der Waals surface area (Å²) in [4.78, 5) is 0. The van der Waals surface area contributed by atoms with Crippen molar-refractivity contribution in [3.63, 3.8) is 0 Å². The summed E-state index contributed by atoms with van der Waals surface area (Å²) in [6, 6.07) is 4.88. The molecular formula is C13H19BrFNO2. The Kier molecular flexibility index (Phi) is 6.21. The molecule has 2 atom stereocenters. The quantitative estimate of drug-likeness (QED) is 0.816. The molecule has 102 valence electrons. The lowest BCUT2D eigenvalue weighted by Crippen LogP contribution is -2.41. The van der Waals surface area contributed by atoms with Crippen LogP contribution in [-0.4, -0.2) is 26.6 Å². The van der Waals surface area contributed by atoms with Crippen LogP contribution in [0.3, 0.4) is 0 Å². The molecule has 1 N–H and O–H groups in total. The molecule has 0 saturated carbocycles. The zero-order valence-corrected chi connectivity index (χ0v) is 12.6. The van der Waals surface area contributed by atoms with Gasteiger partial charge in [0, 0.05) is 30.3 Å². The molecule has 0 aliphatic heterocycles. The third-order valence-corrected chi connectivity index (χ3v) is 3.31. The van der Waals surface area contributed by atoms with Gasteiger partial charge in [-0.05, 0) is 26.0 Å². The average Bonchev–Trinajstić information content (AvgIpc) is 2.30. The van der Waals surface area contributed by atoms with E-state index in [9.17, 15) is 4.39 Å². The van der Waals surface area contributed by atoms with Gasteiger partial charge in [0.05, 0.1) is 6.04 Å². The van der Waals surface area contributed by atoms with E-state index in [0.717, 1.165) is 4.47 Å². The first-order chi connectivity index (χ1) is 8.49. The van der Waals surface area contributed by atoms with E-state index in [1.165, 1.54) is 6.07 Å².